The number of carboxylic acids is 1. The summed E-state index contributed by atoms with van der Waals surface area (Å²) in [6, 6.07) is 13.3. The summed E-state index contributed by atoms with van der Waals surface area (Å²) in [5, 5.41) is 32.3. The standard InChI is InChI=1S/C27H29N5O5/c1-14(2)22(13-33)32-25(34)17-7-11-19(21(12-17)27(36)37)20-10-4-15(3)30-23(20)26(35)31-18-8-5-16(6-9-18)24(28)29/h4-12,14,22,33H,13H2,1-3H3,(H3,28,29)(H,31,35)(H,32,34)(H,36,37). The highest BCUT2D eigenvalue weighted by molar-refractivity contribution is 6.10. The minimum absolute atomic E-state index is 0.00972. The van der Waals surface area contributed by atoms with Crippen LogP contribution in [0.1, 0.15) is 56.3 Å². The summed E-state index contributed by atoms with van der Waals surface area (Å²) in [6.07, 6.45) is 0. The number of nitrogen functional groups attached to an aromatic ring is 1. The lowest BCUT2D eigenvalue weighted by Gasteiger charge is -2.20. The first-order valence-electron chi connectivity index (χ1n) is 11.5. The first-order chi connectivity index (χ1) is 17.5. The summed E-state index contributed by atoms with van der Waals surface area (Å²) >= 11 is 0. The zero-order valence-electron chi connectivity index (χ0n) is 20.7. The Hall–Kier alpha value is -4.57. The molecule has 3 aromatic rings. The average Bonchev–Trinajstić information content (AvgIpc) is 2.86. The van der Waals surface area contributed by atoms with Gasteiger partial charge in [-0.25, -0.2) is 9.78 Å². The van der Waals surface area contributed by atoms with Crippen molar-refractivity contribution in [3.63, 3.8) is 0 Å². The summed E-state index contributed by atoms with van der Waals surface area (Å²) in [6.45, 7) is 5.15. The van der Waals surface area contributed by atoms with Gasteiger partial charge in [0, 0.05) is 28.1 Å². The molecule has 0 saturated heterocycles. The second-order valence-electron chi connectivity index (χ2n) is 8.87. The van der Waals surface area contributed by atoms with Crippen molar-refractivity contribution in [2.45, 2.75) is 26.8 Å². The number of carbonyl (C=O) groups is 3. The molecule has 0 bridgehead atoms. The molecule has 0 fully saturated rings. The maximum atomic E-state index is 13.2. The predicted molar refractivity (Wildman–Crippen MR) is 140 cm³/mol. The Balaban J connectivity index is 1.99. The van der Waals surface area contributed by atoms with E-state index in [2.05, 4.69) is 15.6 Å². The fourth-order valence-electron chi connectivity index (χ4n) is 3.64. The number of pyridine rings is 1. The van der Waals surface area contributed by atoms with Gasteiger partial charge in [0.25, 0.3) is 11.8 Å². The number of aromatic nitrogens is 1. The van der Waals surface area contributed by atoms with Crippen LogP contribution in [0.25, 0.3) is 11.1 Å². The predicted octanol–water partition coefficient (Wildman–Crippen LogP) is 3.04. The molecular formula is C27H29N5O5. The van der Waals surface area contributed by atoms with Gasteiger partial charge in [0.1, 0.15) is 11.5 Å². The highest BCUT2D eigenvalue weighted by Crippen LogP contribution is 2.29. The van der Waals surface area contributed by atoms with Crippen molar-refractivity contribution < 1.29 is 24.6 Å². The Labute approximate surface area is 214 Å². The van der Waals surface area contributed by atoms with Crippen molar-refractivity contribution in [1.29, 1.82) is 5.41 Å². The molecule has 0 radical (unpaired) electrons. The maximum absolute atomic E-state index is 13.2. The lowest BCUT2D eigenvalue weighted by molar-refractivity contribution is 0.0697. The van der Waals surface area contributed by atoms with Crippen molar-refractivity contribution >= 4 is 29.3 Å². The molecule has 2 amide bonds. The maximum Gasteiger partial charge on any atom is 0.336 e. The van der Waals surface area contributed by atoms with E-state index in [4.69, 9.17) is 11.1 Å². The third kappa shape index (κ3) is 6.36. The number of anilines is 1. The number of aromatic carboxylic acids is 1. The van der Waals surface area contributed by atoms with E-state index in [-0.39, 0.29) is 46.3 Å². The molecule has 1 atom stereocenters. The number of aliphatic hydroxyl groups is 1. The number of carbonyl (C=O) groups excluding carboxylic acids is 2. The number of aliphatic hydroxyl groups excluding tert-OH is 1. The van der Waals surface area contributed by atoms with Crippen molar-refractivity contribution in [3.8, 4) is 11.1 Å². The van der Waals surface area contributed by atoms with Crippen LogP contribution in [0.5, 0.6) is 0 Å². The lowest BCUT2D eigenvalue weighted by atomic mass is 9.95. The van der Waals surface area contributed by atoms with E-state index in [0.29, 0.717) is 16.9 Å². The summed E-state index contributed by atoms with van der Waals surface area (Å²) in [5.74, 6) is -2.48. The Kier molecular flexibility index (Phi) is 8.36. The van der Waals surface area contributed by atoms with E-state index in [1.807, 2.05) is 13.8 Å². The number of nitrogens with one attached hydrogen (secondary N) is 3. The molecule has 1 heterocycles. The largest absolute Gasteiger partial charge is 0.478 e. The summed E-state index contributed by atoms with van der Waals surface area (Å²) in [4.78, 5) is 42.4. The van der Waals surface area contributed by atoms with Crippen molar-refractivity contribution in [3.05, 3.63) is 82.7 Å². The van der Waals surface area contributed by atoms with Crippen molar-refractivity contribution in [1.82, 2.24) is 10.3 Å². The summed E-state index contributed by atoms with van der Waals surface area (Å²) in [7, 11) is 0. The lowest BCUT2D eigenvalue weighted by Crippen LogP contribution is -2.41. The number of amidine groups is 1. The van der Waals surface area contributed by atoms with Crippen LogP contribution in [0, 0.1) is 18.3 Å². The van der Waals surface area contributed by atoms with Gasteiger partial charge in [-0.2, -0.15) is 0 Å². The number of carboxylic acid groups (broad SMARTS) is 1. The van der Waals surface area contributed by atoms with Gasteiger partial charge in [0.05, 0.1) is 18.2 Å². The van der Waals surface area contributed by atoms with Gasteiger partial charge in [-0.3, -0.25) is 15.0 Å². The van der Waals surface area contributed by atoms with E-state index < -0.39 is 23.8 Å². The van der Waals surface area contributed by atoms with Crippen LogP contribution in [-0.2, 0) is 0 Å². The smallest absolute Gasteiger partial charge is 0.336 e. The Morgan fingerprint density at radius 2 is 1.59 bits per heavy atom. The number of amides is 2. The molecule has 0 aliphatic rings. The number of aryl methyl sites for hydroxylation is 1. The molecule has 0 aliphatic heterocycles. The van der Waals surface area contributed by atoms with Gasteiger partial charge in [-0.1, -0.05) is 26.0 Å². The third-order valence-electron chi connectivity index (χ3n) is 5.82. The van der Waals surface area contributed by atoms with E-state index >= 15 is 0 Å². The van der Waals surface area contributed by atoms with Crippen molar-refractivity contribution in [2.24, 2.45) is 11.7 Å². The van der Waals surface area contributed by atoms with E-state index in [9.17, 15) is 24.6 Å². The molecule has 192 valence electrons. The number of benzene rings is 2. The average molecular weight is 504 g/mol. The Bertz CT molecular complexity index is 1350. The number of nitrogens with zero attached hydrogens (tertiary/aromatic N) is 1. The van der Waals surface area contributed by atoms with Crippen LogP contribution in [0.4, 0.5) is 5.69 Å². The van der Waals surface area contributed by atoms with Gasteiger partial charge in [0.15, 0.2) is 0 Å². The second-order valence-corrected chi connectivity index (χ2v) is 8.87. The van der Waals surface area contributed by atoms with Gasteiger partial charge in [-0.15, -0.1) is 0 Å². The van der Waals surface area contributed by atoms with Crippen LogP contribution in [0.15, 0.2) is 54.6 Å². The fourth-order valence-corrected chi connectivity index (χ4v) is 3.64. The first-order valence-corrected chi connectivity index (χ1v) is 11.5. The number of nitrogens with two attached hydrogens (primary N) is 1. The van der Waals surface area contributed by atoms with Crippen LogP contribution >= 0.6 is 0 Å². The zero-order chi connectivity index (χ0) is 27.3. The van der Waals surface area contributed by atoms with Crippen LogP contribution < -0.4 is 16.4 Å². The molecule has 37 heavy (non-hydrogen) atoms. The van der Waals surface area contributed by atoms with Crippen LogP contribution in [-0.4, -0.2) is 51.5 Å². The number of rotatable bonds is 9. The highest BCUT2D eigenvalue weighted by atomic mass is 16.4. The first kappa shape index (κ1) is 27.0. The Morgan fingerprint density at radius 1 is 0.973 bits per heavy atom. The summed E-state index contributed by atoms with van der Waals surface area (Å²) < 4.78 is 0. The van der Waals surface area contributed by atoms with E-state index in [0.717, 1.165) is 0 Å². The quantitative estimate of drug-likeness (QED) is 0.192. The van der Waals surface area contributed by atoms with E-state index in [1.54, 1.807) is 43.3 Å². The minimum atomic E-state index is -1.28. The number of hydrogen-bond acceptors (Lipinski definition) is 6. The zero-order valence-corrected chi connectivity index (χ0v) is 20.7. The topological polar surface area (TPSA) is 178 Å². The van der Waals surface area contributed by atoms with Crippen LogP contribution in [0.2, 0.25) is 0 Å². The molecule has 7 N–H and O–H groups in total. The molecule has 1 unspecified atom stereocenters. The normalized spacial score (nSPS) is 11.6. The molecule has 1 aromatic heterocycles. The third-order valence-corrected chi connectivity index (χ3v) is 5.82. The minimum Gasteiger partial charge on any atom is -0.478 e. The van der Waals surface area contributed by atoms with Crippen molar-refractivity contribution in [2.75, 3.05) is 11.9 Å². The number of hydrogen-bond donors (Lipinski definition) is 6. The molecule has 0 aliphatic carbocycles. The molecular weight excluding hydrogens is 474 g/mol. The molecule has 10 nitrogen and oxygen atoms in total. The van der Waals surface area contributed by atoms with Gasteiger partial charge in [0.2, 0.25) is 0 Å². The highest BCUT2D eigenvalue weighted by Gasteiger charge is 2.23. The SMILES string of the molecule is Cc1ccc(-c2ccc(C(=O)NC(CO)C(C)C)cc2C(=O)O)c(C(=O)Nc2ccc(C(=N)N)cc2)n1. The Morgan fingerprint density at radius 3 is 2.16 bits per heavy atom. The van der Waals surface area contributed by atoms with Crippen LogP contribution in [0.3, 0.4) is 0 Å². The van der Waals surface area contributed by atoms with Gasteiger partial charge in [-0.05, 0) is 60.9 Å². The van der Waals surface area contributed by atoms with Gasteiger partial charge < -0.3 is 26.6 Å². The second kappa shape index (κ2) is 11.4. The summed E-state index contributed by atoms with van der Waals surface area (Å²) in [5.41, 5.74) is 7.41. The monoisotopic (exact) mass is 503 g/mol. The molecule has 0 saturated carbocycles. The molecule has 2 aromatic carbocycles. The molecule has 3 rings (SSSR count). The van der Waals surface area contributed by atoms with Gasteiger partial charge >= 0.3 is 5.97 Å². The van der Waals surface area contributed by atoms with E-state index in [1.165, 1.54) is 18.2 Å². The molecule has 10 heteroatoms. The molecule has 0 spiro atoms. The fraction of sp³-hybridized carbons (Fsp3) is 0.222.